The van der Waals surface area contributed by atoms with Gasteiger partial charge >= 0.3 is 0 Å². The van der Waals surface area contributed by atoms with Gasteiger partial charge in [0.25, 0.3) is 0 Å². The van der Waals surface area contributed by atoms with Crippen molar-refractivity contribution in [1.82, 2.24) is 9.97 Å². The standard InChI is InChI=1S/C12H20ClN3/c1-9(2)6-4-5-7-14-12-8-11(13)15-10(3)16-12/h8-9H,4-7H2,1-3H3,(H,14,15,16). The summed E-state index contributed by atoms with van der Waals surface area (Å²) in [4.78, 5) is 8.28. The topological polar surface area (TPSA) is 37.8 Å². The second-order valence-corrected chi connectivity index (χ2v) is 4.83. The molecule has 0 bridgehead atoms. The van der Waals surface area contributed by atoms with Crippen LogP contribution in [0.1, 0.15) is 38.9 Å². The van der Waals surface area contributed by atoms with E-state index in [-0.39, 0.29) is 0 Å². The highest BCUT2D eigenvalue weighted by atomic mass is 35.5. The van der Waals surface area contributed by atoms with Crippen LogP contribution in [0.25, 0.3) is 0 Å². The summed E-state index contributed by atoms with van der Waals surface area (Å²) in [6, 6.07) is 1.76. The maximum Gasteiger partial charge on any atom is 0.134 e. The number of nitrogens with one attached hydrogen (secondary N) is 1. The van der Waals surface area contributed by atoms with Crippen LogP contribution in [0, 0.1) is 12.8 Å². The molecule has 1 aromatic heterocycles. The zero-order chi connectivity index (χ0) is 12.0. The highest BCUT2D eigenvalue weighted by Gasteiger charge is 1.99. The van der Waals surface area contributed by atoms with Crippen LogP contribution in [-0.4, -0.2) is 16.5 Å². The summed E-state index contributed by atoms with van der Waals surface area (Å²) in [5.41, 5.74) is 0. The Morgan fingerprint density at radius 3 is 2.69 bits per heavy atom. The van der Waals surface area contributed by atoms with Gasteiger partial charge in [-0.25, -0.2) is 9.97 Å². The van der Waals surface area contributed by atoms with E-state index >= 15 is 0 Å². The molecule has 1 aromatic rings. The van der Waals surface area contributed by atoms with E-state index in [2.05, 4.69) is 29.1 Å². The molecule has 0 amide bonds. The quantitative estimate of drug-likeness (QED) is 0.610. The fraction of sp³-hybridized carbons (Fsp3) is 0.667. The van der Waals surface area contributed by atoms with E-state index in [1.807, 2.05) is 6.92 Å². The van der Waals surface area contributed by atoms with Crippen LogP contribution in [0.3, 0.4) is 0 Å². The van der Waals surface area contributed by atoms with Crippen molar-refractivity contribution in [3.05, 3.63) is 17.0 Å². The molecule has 0 atom stereocenters. The van der Waals surface area contributed by atoms with Crippen molar-refractivity contribution < 1.29 is 0 Å². The van der Waals surface area contributed by atoms with E-state index in [9.17, 15) is 0 Å². The Kier molecular flexibility index (Phi) is 5.53. The zero-order valence-corrected chi connectivity index (χ0v) is 11.0. The minimum absolute atomic E-state index is 0.497. The van der Waals surface area contributed by atoms with Crippen LogP contribution in [0.4, 0.5) is 5.82 Å². The second kappa shape index (κ2) is 6.69. The summed E-state index contributed by atoms with van der Waals surface area (Å²) in [6.45, 7) is 7.29. The first-order chi connectivity index (χ1) is 7.58. The molecule has 0 aliphatic rings. The summed E-state index contributed by atoms with van der Waals surface area (Å²) in [6.07, 6.45) is 3.70. The third-order valence-electron chi connectivity index (χ3n) is 2.32. The molecule has 0 spiro atoms. The molecular formula is C12H20ClN3. The lowest BCUT2D eigenvalue weighted by molar-refractivity contribution is 0.544. The Bertz CT molecular complexity index is 306. The van der Waals surface area contributed by atoms with Gasteiger partial charge < -0.3 is 5.32 Å². The van der Waals surface area contributed by atoms with Gasteiger partial charge in [0.05, 0.1) is 0 Å². The van der Waals surface area contributed by atoms with Crippen molar-refractivity contribution in [2.45, 2.75) is 40.0 Å². The van der Waals surface area contributed by atoms with Gasteiger partial charge in [-0.3, -0.25) is 0 Å². The number of unbranched alkanes of at least 4 members (excludes halogenated alkanes) is 1. The molecular weight excluding hydrogens is 222 g/mol. The highest BCUT2D eigenvalue weighted by Crippen LogP contribution is 2.11. The van der Waals surface area contributed by atoms with Crippen molar-refractivity contribution in [2.75, 3.05) is 11.9 Å². The lowest BCUT2D eigenvalue weighted by Gasteiger charge is -2.07. The Hall–Kier alpha value is -0.830. The molecule has 0 aliphatic heterocycles. The van der Waals surface area contributed by atoms with Gasteiger partial charge in [0.1, 0.15) is 16.8 Å². The molecule has 0 unspecified atom stereocenters. The van der Waals surface area contributed by atoms with Gasteiger partial charge in [-0.05, 0) is 19.3 Å². The average molecular weight is 242 g/mol. The maximum atomic E-state index is 5.84. The van der Waals surface area contributed by atoms with Gasteiger partial charge in [0, 0.05) is 12.6 Å². The number of rotatable bonds is 6. The number of anilines is 1. The normalized spacial score (nSPS) is 10.8. The molecule has 0 saturated carbocycles. The van der Waals surface area contributed by atoms with Crippen LogP contribution in [0.5, 0.6) is 0 Å². The first kappa shape index (κ1) is 13.2. The fourth-order valence-electron chi connectivity index (χ4n) is 1.52. The van der Waals surface area contributed by atoms with E-state index in [4.69, 9.17) is 11.6 Å². The summed E-state index contributed by atoms with van der Waals surface area (Å²) >= 11 is 5.84. The van der Waals surface area contributed by atoms with E-state index in [1.54, 1.807) is 6.07 Å². The summed E-state index contributed by atoms with van der Waals surface area (Å²) in [5.74, 6) is 2.31. The molecule has 0 radical (unpaired) electrons. The minimum atomic E-state index is 0.497. The molecule has 0 aromatic carbocycles. The molecule has 16 heavy (non-hydrogen) atoms. The number of hydrogen-bond donors (Lipinski definition) is 1. The Labute approximate surface area is 103 Å². The third-order valence-corrected chi connectivity index (χ3v) is 2.51. The fourth-order valence-corrected chi connectivity index (χ4v) is 1.74. The predicted octanol–water partition coefficient (Wildman–Crippen LogP) is 3.68. The number of aryl methyl sites for hydroxylation is 1. The van der Waals surface area contributed by atoms with Gasteiger partial charge in [-0.2, -0.15) is 0 Å². The molecule has 0 fully saturated rings. The first-order valence-electron chi connectivity index (χ1n) is 5.83. The van der Waals surface area contributed by atoms with Crippen LogP contribution >= 0.6 is 11.6 Å². The summed E-state index contributed by atoms with van der Waals surface area (Å²) in [7, 11) is 0. The number of nitrogens with zero attached hydrogens (tertiary/aromatic N) is 2. The van der Waals surface area contributed by atoms with Crippen molar-refractivity contribution in [3.63, 3.8) is 0 Å². The molecule has 90 valence electrons. The van der Waals surface area contributed by atoms with Gasteiger partial charge in [0.15, 0.2) is 0 Å². The Balaban J connectivity index is 2.26. The van der Waals surface area contributed by atoms with Crippen LogP contribution in [0.2, 0.25) is 5.15 Å². The lowest BCUT2D eigenvalue weighted by Crippen LogP contribution is -2.05. The molecule has 0 saturated heterocycles. The Morgan fingerprint density at radius 1 is 1.31 bits per heavy atom. The van der Waals surface area contributed by atoms with E-state index < -0.39 is 0 Å². The van der Waals surface area contributed by atoms with Crippen molar-refractivity contribution >= 4 is 17.4 Å². The van der Waals surface area contributed by atoms with Crippen LogP contribution in [-0.2, 0) is 0 Å². The van der Waals surface area contributed by atoms with E-state index in [0.29, 0.717) is 11.0 Å². The number of hydrogen-bond acceptors (Lipinski definition) is 3. The van der Waals surface area contributed by atoms with Crippen molar-refractivity contribution in [2.24, 2.45) is 5.92 Å². The lowest BCUT2D eigenvalue weighted by atomic mass is 10.1. The highest BCUT2D eigenvalue weighted by molar-refractivity contribution is 6.29. The average Bonchev–Trinajstić information content (AvgIpc) is 2.15. The van der Waals surface area contributed by atoms with Crippen molar-refractivity contribution in [3.8, 4) is 0 Å². The van der Waals surface area contributed by atoms with Crippen molar-refractivity contribution in [1.29, 1.82) is 0 Å². The molecule has 1 N–H and O–H groups in total. The SMILES string of the molecule is Cc1nc(Cl)cc(NCCCCC(C)C)n1. The molecule has 1 heterocycles. The summed E-state index contributed by atoms with van der Waals surface area (Å²) < 4.78 is 0. The number of halogens is 1. The van der Waals surface area contributed by atoms with Gasteiger partial charge in [-0.15, -0.1) is 0 Å². The van der Waals surface area contributed by atoms with Gasteiger partial charge in [-0.1, -0.05) is 38.3 Å². The molecule has 4 heteroatoms. The smallest absolute Gasteiger partial charge is 0.134 e. The Morgan fingerprint density at radius 2 is 2.06 bits per heavy atom. The largest absolute Gasteiger partial charge is 0.370 e. The molecule has 0 aliphatic carbocycles. The maximum absolute atomic E-state index is 5.84. The molecule has 1 rings (SSSR count). The van der Waals surface area contributed by atoms with Crippen LogP contribution in [0.15, 0.2) is 6.07 Å². The van der Waals surface area contributed by atoms with E-state index in [1.165, 1.54) is 19.3 Å². The first-order valence-corrected chi connectivity index (χ1v) is 6.21. The zero-order valence-electron chi connectivity index (χ0n) is 10.3. The minimum Gasteiger partial charge on any atom is -0.370 e. The number of aromatic nitrogens is 2. The molecule has 3 nitrogen and oxygen atoms in total. The van der Waals surface area contributed by atoms with Gasteiger partial charge in [0.2, 0.25) is 0 Å². The second-order valence-electron chi connectivity index (χ2n) is 4.44. The van der Waals surface area contributed by atoms with Crippen LogP contribution < -0.4 is 5.32 Å². The summed E-state index contributed by atoms with van der Waals surface area (Å²) in [5, 5.41) is 3.76. The third kappa shape index (κ3) is 5.31. The predicted molar refractivity (Wildman–Crippen MR) is 69.0 cm³/mol. The van der Waals surface area contributed by atoms with E-state index in [0.717, 1.165) is 18.3 Å². The monoisotopic (exact) mass is 241 g/mol.